The molecule has 0 saturated heterocycles. The maximum absolute atomic E-state index is 3.80. The first-order valence-corrected chi connectivity index (χ1v) is 13.3. The van der Waals surface area contributed by atoms with Gasteiger partial charge in [-0.1, -0.05) is 130 Å². The Bertz CT molecular complexity index is 245. The van der Waals surface area contributed by atoms with Crippen molar-refractivity contribution >= 4 is 0 Å². The zero-order chi connectivity index (χ0) is 20.5. The van der Waals surface area contributed by atoms with Crippen LogP contribution in [0.4, 0.5) is 0 Å². The van der Waals surface area contributed by atoms with E-state index < -0.39 is 0 Å². The van der Waals surface area contributed by atoms with Crippen molar-refractivity contribution in [1.82, 2.24) is 10.6 Å². The summed E-state index contributed by atoms with van der Waals surface area (Å²) in [6, 6.07) is 0. The van der Waals surface area contributed by atoms with Crippen molar-refractivity contribution in [2.24, 2.45) is 0 Å². The highest BCUT2D eigenvalue weighted by molar-refractivity contribution is 4.65. The van der Waals surface area contributed by atoms with Crippen LogP contribution in [0.2, 0.25) is 0 Å². The first-order valence-electron chi connectivity index (χ1n) is 13.3. The van der Waals surface area contributed by atoms with Gasteiger partial charge in [-0.2, -0.15) is 0 Å². The molecule has 0 aliphatic heterocycles. The third-order valence-corrected chi connectivity index (χ3v) is 5.94. The lowest BCUT2D eigenvalue weighted by molar-refractivity contribution is 0.377. The Morgan fingerprint density at radius 1 is 0.393 bits per heavy atom. The lowest BCUT2D eigenvalue weighted by Crippen LogP contribution is -2.43. The van der Waals surface area contributed by atoms with Crippen LogP contribution in [0.25, 0.3) is 0 Å². The molecule has 0 aliphatic carbocycles. The van der Waals surface area contributed by atoms with Crippen molar-refractivity contribution in [3.8, 4) is 0 Å². The van der Waals surface area contributed by atoms with Crippen molar-refractivity contribution in [3.05, 3.63) is 0 Å². The summed E-state index contributed by atoms with van der Waals surface area (Å²) in [5, 5.41) is 7.61. The van der Waals surface area contributed by atoms with Crippen LogP contribution in [0.15, 0.2) is 0 Å². The average Bonchev–Trinajstić information content (AvgIpc) is 2.71. The van der Waals surface area contributed by atoms with E-state index in [1.165, 1.54) is 142 Å². The largest absolute Gasteiger partial charge is 0.302 e. The SMILES string of the molecule is CCCCCCCCCCNC(CCCCC)NCCCCCCCCCC. The molecular weight excluding hydrogens is 340 g/mol. The van der Waals surface area contributed by atoms with Crippen molar-refractivity contribution in [2.45, 2.75) is 155 Å². The number of hydrogen-bond acceptors (Lipinski definition) is 2. The van der Waals surface area contributed by atoms with E-state index in [1.807, 2.05) is 0 Å². The maximum atomic E-state index is 3.80. The monoisotopic (exact) mass is 396 g/mol. The van der Waals surface area contributed by atoms with Crippen LogP contribution in [0.1, 0.15) is 149 Å². The molecule has 0 bridgehead atoms. The molecule has 0 aromatic heterocycles. The Hall–Kier alpha value is -0.0800. The highest BCUT2D eigenvalue weighted by Gasteiger charge is 2.06. The van der Waals surface area contributed by atoms with Crippen LogP contribution in [0, 0.1) is 0 Å². The van der Waals surface area contributed by atoms with E-state index in [1.54, 1.807) is 0 Å². The maximum Gasteiger partial charge on any atom is 0.0571 e. The number of nitrogens with one attached hydrogen (secondary N) is 2. The van der Waals surface area contributed by atoms with Crippen LogP contribution in [-0.2, 0) is 0 Å². The molecule has 0 rings (SSSR count). The Labute approximate surface area is 179 Å². The molecule has 0 saturated carbocycles. The smallest absolute Gasteiger partial charge is 0.0571 e. The molecule has 0 unspecified atom stereocenters. The predicted molar refractivity (Wildman–Crippen MR) is 129 cm³/mol. The Morgan fingerprint density at radius 3 is 1.11 bits per heavy atom. The molecule has 170 valence electrons. The molecule has 2 N–H and O–H groups in total. The second kappa shape index (κ2) is 25.0. The summed E-state index contributed by atoms with van der Waals surface area (Å²) in [6.07, 6.45) is 28.4. The van der Waals surface area contributed by atoms with Crippen molar-refractivity contribution in [3.63, 3.8) is 0 Å². The minimum atomic E-state index is 0.542. The number of unbranched alkanes of at least 4 members (excludes halogenated alkanes) is 16. The van der Waals surface area contributed by atoms with Crippen molar-refractivity contribution in [1.29, 1.82) is 0 Å². The van der Waals surface area contributed by atoms with Crippen LogP contribution >= 0.6 is 0 Å². The number of rotatable bonds is 24. The molecule has 0 amide bonds. The summed E-state index contributed by atoms with van der Waals surface area (Å²) in [6.45, 7) is 9.28. The first-order chi connectivity index (χ1) is 13.8. The van der Waals surface area contributed by atoms with Gasteiger partial charge in [0, 0.05) is 0 Å². The summed E-state index contributed by atoms with van der Waals surface area (Å²) >= 11 is 0. The molecule has 0 radical (unpaired) electrons. The molecule has 2 heteroatoms. The summed E-state index contributed by atoms with van der Waals surface area (Å²) < 4.78 is 0. The fourth-order valence-corrected chi connectivity index (χ4v) is 3.95. The molecule has 28 heavy (non-hydrogen) atoms. The van der Waals surface area contributed by atoms with Crippen LogP contribution in [-0.4, -0.2) is 19.3 Å². The quantitative estimate of drug-likeness (QED) is 0.126. The van der Waals surface area contributed by atoms with Gasteiger partial charge in [0.1, 0.15) is 0 Å². The molecule has 0 fully saturated rings. The molecule has 0 atom stereocenters. The molecule has 0 aromatic carbocycles. The Morgan fingerprint density at radius 2 is 0.714 bits per heavy atom. The van der Waals surface area contributed by atoms with E-state index in [0.29, 0.717) is 6.17 Å². The van der Waals surface area contributed by atoms with Gasteiger partial charge in [0.2, 0.25) is 0 Å². The van der Waals surface area contributed by atoms with E-state index in [2.05, 4.69) is 31.4 Å². The summed E-state index contributed by atoms with van der Waals surface area (Å²) in [5.41, 5.74) is 0. The van der Waals surface area contributed by atoms with E-state index in [-0.39, 0.29) is 0 Å². The average molecular weight is 397 g/mol. The summed E-state index contributed by atoms with van der Waals surface area (Å²) in [7, 11) is 0. The topological polar surface area (TPSA) is 24.1 Å². The van der Waals surface area contributed by atoms with E-state index in [9.17, 15) is 0 Å². The third kappa shape index (κ3) is 22.2. The van der Waals surface area contributed by atoms with Gasteiger partial charge in [0.05, 0.1) is 6.17 Å². The lowest BCUT2D eigenvalue weighted by Gasteiger charge is -2.20. The highest BCUT2D eigenvalue weighted by atomic mass is 15.1. The van der Waals surface area contributed by atoms with Crippen LogP contribution < -0.4 is 10.6 Å². The van der Waals surface area contributed by atoms with Gasteiger partial charge in [-0.3, -0.25) is 0 Å². The minimum absolute atomic E-state index is 0.542. The van der Waals surface area contributed by atoms with Crippen LogP contribution in [0.3, 0.4) is 0 Å². The summed E-state index contributed by atoms with van der Waals surface area (Å²) in [5.74, 6) is 0. The van der Waals surface area contributed by atoms with E-state index in [0.717, 1.165) is 0 Å². The van der Waals surface area contributed by atoms with Crippen molar-refractivity contribution < 1.29 is 0 Å². The zero-order valence-electron chi connectivity index (χ0n) is 20.1. The minimum Gasteiger partial charge on any atom is -0.302 e. The van der Waals surface area contributed by atoms with Gasteiger partial charge >= 0.3 is 0 Å². The van der Waals surface area contributed by atoms with Crippen LogP contribution in [0.5, 0.6) is 0 Å². The normalized spacial score (nSPS) is 11.6. The molecule has 0 aromatic rings. The molecular formula is C26H56N2. The van der Waals surface area contributed by atoms with Gasteiger partial charge in [0.25, 0.3) is 0 Å². The fourth-order valence-electron chi connectivity index (χ4n) is 3.95. The predicted octanol–water partition coefficient (Wildman–Crippen LogP) is 8.35. The van der Waals surface area contributed by atoms with Gasteiger partial charge in [-0.05, 0) is 32.4 Å². The number of hydrogen-bond donors (Lipinski definition) is 2. The van der Waals surface area contributed by atoms with Crippen molar-refractivity contribution in [2.75, 3.05) is 13.1 Å². The second-order valence-electron chi connectivity index (χ2n) is 8.91. The zero-order valence-corrected chi connectivity index (χ0v) is 20.1. The second-order valence-corrected chi connectivity index (χ2v) is 8.91. The van der Waals surface area contributed by atoms with Gasteiger partial charge in [-0.25, -0.2) is 0 Å². The fraction of sp³-hybridized carbons (Fsp3) is 1.00. The summed E-state index contributed by atoms with van der Waals surface area (Å²) in [4.78, 5) is 0. The lowest BCUT2D eigenvalue weighted by atomic mass is 10.1. The Kier molecular flexibility index (Phi) is 24.9. The highest BCUT2D eigenvalue weighted by Crippen LogP contribution is 2.09. The van der Waals surface area contributed by atoms with E-state index >= 15 is 0 Å². The molecule has 0 aliphatic rings. The first kappa shape index (κ1) is 27.9. The van der Waals surface area contributed by atoms with E-state index in [4.69, 9.17) is 0 Å². The Balaban J connectivity index is 3.62. The molecule has 0 spiro atoms. The standard InChI is InChI=1S/C26H56N2/c1-4-7-10-12-14-16-18-21-24-27-26(23-20-9-6-3)28-25-22-19-17-15-13-11-8-5-2/h26-28H,4-25H2,1-3H3. The molecule has 2 nitrogen and oxygen atoms in total. The molecule has 0 heterocycles. The van der Waals surface area contributed by atoms with Gasteiger partial charge < -0.3 is 10.6 Å². The van der Waals surface area contributed by atoms with Gasteiger partial charge in [-0.15, -0.1) is 0 Å². The van der Waals surface area contributed by atoms with Gasteiger partial charge in [0.15, 0.2) is 0 Å². The third-order valence-electron chi connectivity index (χ3n) is 5.94.